The van der Waals surface area contributed by atoms with Crippen LogP contribution in [0.4, 0.5) is 0 Å². The molecule has 0 bridgehead atoms. The molecule has 4 nitrogen and oxygen atoms in total. The lowest BCUT2D eigenvalue weighted by Crippen LogP contribution is -2.06. The first-order valence-electron chi connectivity index (χ1n) is 7.83. The fourth-order valence-corrected chi connectivity index (χ4v) is 2.79. The molecule has 0 fully saturated rings. The van der Waals surface area contributed by atoms with Crippen LogP contribution in [0.2, 0.25) is 0 Å². The zero-order valence-corrected chi connectivity index (χ0v) is 14.6. The van der Waals surface area contributed by atoms with Crippen molar-refractivity contribution >= 4 is 0 Å². The zero-order chi connectivity index (χ0) is 16.7. The zero-order valence-electron chi connectivity index (χ0n) is 14.6. The summed E-state index contributed by atoms with van der Waals surface area (Å²) in [6.45, 7) is 12.5. The number of hydrogen-bond acceptors (Lipinski definition) is 3. The second kappa shape index (κ2) is 5.61. The molecule has 3 rings (SSSR count). The maximum atomic E-state index is 4.89. The topological polar surface area (TPSA) is 43.6 Å². The number of aryl methyl sites for hydroxylation is 4. The van der Waals surface area contributed by atoms with Crippen molar-refractivity contribution in [1.29, 1.82) is 0 Å². The van der Waals surface area contributed by atoms with Crippen molar-refractivity contribution < 1.29 is 0 Å². The van der Waals surface area contributed by atoms with Crippen molar-refractivity contribution in [2.24, 2.45) is 0 Å². The SMILES string of the molecule is Cc1cc(C)n(-c2cc(C)c(C)c(-c3nccc(C)c3C)n2)n1. The van der Waals surface area contributed by atoms with E-state index in [9.17, 15) is 0 Å². The summed E-state index contributed by atoms with van der Waals surface area (Å²) in [6, 6.07) is 6.18. The Kier molecular flexibility index (Phi) is 3.76. The highest BCUT2D eigenvalue weighted by molar-refractivity contribution is 5.66. The molecule has 0 aliphatic carbocycles. The van der Waals surface area contributed by atoms with E-state index in [2.05, 4.69) is 49.9 Å². The van der Waals surface area contributed by atoms with Crippen LogP contribution in [0.15, 0.2) is 24.4 Å². The third kappa shape index (κ3) is 2.65. The molecule has 0 aliphatic heterocycles. The van der Waals surface area contributed by atoms with Gasteiger partial charge in [-0.25, -0.2) is 9.67 Å². The number of pyridine rings is 2. The van der Waals surface area contributed by atoms with Gasteiger partial charge in [-0.1, -0.05) is 0 Å². The number of rotatable bonds is 2. The molecular formula is C19H22N4. The molecule has 3 aromatic heterocycles. The summed E-state index contributed by atoms with van der Waals surface area (Å²) in [5.74, 6) is 0.844. The Morgan fingerprint density at radius 1 is 0.826 bits per heavy atom. The molecule has 0 unspecified atom stereocenters. The summed E-state index contributed by atoms with van der Waals surface area (Å²) in [6.07, 6.45) is 1.85. The van der Waals surface area contributed by atoms with Gasteiger partial charge >= 0.3 is 0 Å². The average Bonchev–Trinajstić information content (AvgIpc) is 2.84. The minimum Gasteiger partial charge on any atom is -0.254 e. The molecule has 0 amide bonds. The van der Waals surface area contributed by atoms with E-state index in [0.29, 0.717) is 0 Å². The van der Waals surface area contributed by atoms with Gasteiger partial charge in [0.25, 0.3) is 0 Å². The third-order valence-corrected chi connectivity index (χ3v) is 4.44. The Hall–Kier alpha value is -2.49. The molecule has 0 N–H and O–H groups in total. The number of aromatic nitrogens is 4. The normalized spacial score (nSPS) is 11.0. The quantitative estimate of drug-likeness (QED) is 0.713. The fourth-order valence-electron chi connectivity index (χ4n) is 2.79. The molecule has 0 atom stereocenters. The Bertz CT molecular complexity index is 891. The van der Waals surface area contributed by atoms with Gasteiger partial charge in [0, 0.05) is 11.9 Å². The Morgan fingerprint density at radius 3 is 2.17 bits per heavy atom. The molecule has 0 aliphatic rings. The highest BCUT2D eigenvalue weighted by atomic mass is 15.3. The predicted molar refractivity (Wildman–Crippen MR) is 93.0 cm³/mol. The summed E-state index contributed by atoms with van der Waals surface area (Å²) in [5, 5.41) is 4.56. The molecule has 0 radical (unpaired) electrons. The lowest BCUT2D eigenvalue weighted by atomic mass is 10.0. The van der Waals surface area contributed by atoms with Crippen LogP contribution in [-0.4, -0.2) is 19.7 Å². The largest absolute Gasteiger partial charge is 0.254 e. The van der Waals surface area contributed by atoms with Gasteiger partial charge in [0.1, 0.15) is 0 Å². The van der Waals surface area contributed by atoms with E-state index in [-0.39, 0.29) is 0 Å². The van der Waals surface area contributed by atoms with Crippen molar-refractivity contribution in [3.8, 4) is 17.2 Å². The lowest BCUT2D eigenvalue weighted by Gasteiger charge is -2.14. The van der Waals surface area contributed by atoms with Crippen molar-refractivity contribution in [3.63, 3.8) is 0 Å². The summed E-state index contributed by atoms with van der Waals surface area (Å²) in [4.78, 5) is 9.47. The van der Waals surface area contributed by atoms with E-state index < -0.39 is 0 Å². The second-order valence-corrected chi connectivity index (χ2v) is 6.21. The minimum atomic E-state index is 0.844. The van der Waals surface area contributed by atoms with Gasteiger partial charge in [-0.3, -0.25) is 4.98 Å². The molecule has 3 heterocycles. The third-order valence-electron chi connectivity index (χ3n) is 4.44. The van der Waals surface area contributed by atoms with E-state index in [1.165, 1.54) is 16.7 Å². The molecule has 0 spiro atoms. The van der Waals surface area contributed by atoms with Crippen LogP contribution in [0.1, 0.15) is 33.6 Å². The predicted octanol–water partition coefficient (Wildman–Crippen LogP) is 4.18. The van der Waals surface area contributed by atoms with Gasteiger partial charge in [-0.05, 0) is 82.0 Å². The van der Waals surface area contributed by atoms with Gasteiger partial charge in [0.15, 0.2) is 5.82 Å². The van der Waals surface area contributed by atoms with E-state index in [0.717, 1.165) is 34.2 Å². The van der Waals surface area contributed by atoms with E-state index in [1.54, 1.807) is 0 Å². The first-order valence-corrected chi connectivity index (χ1v) is 7.83. The maximum absolute atomic E-state index is 4.89. The first-order chi connectivity index (χ1) is 10.9. The molecule has 0 saturated carbocycles. The van der Waals surface area contributed by atoms with Gasteiger partial charge in [-0.2, -0.15) is 5.10 Å². The molecule has 4 heteroatoms. The molecule has 118 valence electrons. The Balaban J connectivity index is 2.26. The van der Waals surface area contributed by atoms with Gasteiger partial charge < -0.3 is 0 Å². The van der Waals surface area contributed by atoms with Gasteiger partial charge in [0.2, 0.25) is 0 Å². The van der Waals surface area contributed by atoms with Crippen LogP contribution in [0.25, 0.3) is 17.2 Å². The minimum absolute atomic E-state index is 0.844. The summed E-state index contributed by atoms with van der Waals surface area (Å²) in [5.41, 5.74) is 8.73. The van der Waals surface area contributed by atoms with Crippen molar-refractivity contribution in [2.75, 3.05) is 0 Å². The van der Waals surface area contributed by atoms with Crippen LogP contribution < -0.4 is 0 Å². The van der Waals surface area contributed by atoms with Crippen molar-refractivity contribution in [2.45, 2.75) is 41.5 Å². The maximum Gasteiger partial charge on any atom is 0.154 e. The smallest absolute Gasteiger partial charge is 0.154 e. The molecule has 3 aromatic rings. The lowest BCUT2D eigenvalue weighted by molar-refractivity contribution is 0.804. The Morgan fingerprint density at radius 2 is 1.52 bits per heavy atom. The van der Waals surface area contributed by atoms with E-state index in [1.807, 2.05) is 30.8 Å². The van der Waals surface area contributed by atoms with Gasteiger partial charge in [0.05, 0.1) is 17.1 Å². The van der Waals surface area contributed by atoms with Crippen molar-refractivity contribution in [3.05, 3.63) is 58.0 Å². The molecular weight excluding hydrogens is 284 g/mol. The average molecular weight is 306 g/mol. The highest BCUT2D eigenvalue weighted by Gasteiger charge is 2.15. The highest BCUT2D eigenvalue weighted by Crippen LogP contribution is 2.28. The molecule has 0 saturated heterocycles. The van der Waals surface area contributed by atoms with Crippen LogP contribution in [-0.2, 0) is 0 Å². The standard InChI is InChI=1S/C19H22N4/c1-11-7-8-20-18(15(11)5)19-16(6)12(2)9-17(21-19)23-14(4)10-13(3)22-23/h7-10H,1-6H3. The second-order valence-electron chi connectivity index (χ2n) is 6.21. The number of nitrogens with zero attached hydrogens (tertiary/aromatic N) is 4. The summed E-state index contributed by atoms with van der Waals surface area (Å²) in [7, 11) is 0. The Labute approximate surface area is 137 Å². The monoisotopic (exact) mass is 306 g/mol. The molecule has 0 aromatic carbocycles. The summed E-state index contributed by atoms with van der Waals surface area (Å²) < 4.78 is 1.90. The van der Waals surface area contributed by atoms with Gasteiger partial charge in [-0.15, -0.1) is 0 Å². The van der Waals surface area contributed by atoms with Crippen molar-refractivity contribution in [1.82, 2.24) is 19.7 Å². The van der Waals surface area contributed by atoms with Crippen LogP contribution in [0.3, 0.4) is 0 Å². The fraction of sp³-hybridized carbons (Fsp3) is 0.316. The summed E-state index contributed by atoms with van der Waals surface area (Å²) >= 11 is 0. The molecule has 23 heavy (non-hydrogen) atoms. The number of hydrogen-bond donors (Lipinski definition) is 0. The van der Waals surface area contributed by atoms with Crippen LogP contribution >= 0.6 is 0 Å². The first kappa shape index (κ1) is 15.4. The van der Waals surface area contributed by atoms with E-state index in [4.69, 9.17) is 4.98 Å². The van der Waals surface area contributed by atoms with Crippen LogP contribution in [0, 0.1) is 41.5 Å². The van der Waals surface area contributed by atoms with E-state index >= 15 is 0 Å². The van der Waals surface area contributed by atoms with Crippen LogP contribution in [0.5, 0.6) is 0 Å².